The van der Waals surface area contributed by atoms with E-state index < -0.39 is 12.3 Å². The number of carboxylic acid groups (broad SMARTS) is 4. The van der Waals surface area contributed by atoms with E-state index >= 15 is 0 Å². The Hall–Kier alpha value is -3.02. The molecule has 0 aliphatic rings. The molecule has 4 N–H and O–H groups in total. The SMILES string of the molecule is C.C.O=C(O)O.O=C(O)O.c1ccccc1.c1ccccc1. The molecule has 0 spiro atoms. The van der Waals surface area contributed by atoms with Crippen LogP contribution in [0.3, 0.4) is 0 Å². The number of rotatable bonds is 0. The monoisotopic (exact) mass is 312 g/mol. The molecule has 0 atom stereocenters. The minimum atomic E-state index is -1.83. The highest BCUT2D eigenvalue weighted by molar-refractivity contribution is 5.53. The summed E-state index contributed by atoms with van der Waals surface area (Å²) < 4.78 is 0. The molecule has 0 amide bonds. The third-order valence-corrected chi connectivity index (χ3v) is 1.33. The van der Waals surface area contributed by atoms with Crippen molar-refractivity contribution in [2.45, 2.75) is 14.9 Å². The predicted octanol–water partition coefficient (Wildman–Crippen LogP) is 5.09. The van der Waals surface area contributed by atoms with Crippen LogP contribution in [0, 0.1) is 0 Å². The molecular weight excluding hydrogens is 288 g/mol. The molecule has 0 bridgehead atoms. The Balaban J connectivity index is -0.0000000975. The summed E-state index contributed by atoms with van der Waals surface area (Å²) in [4.78, 5) is 17.1. The summed E-state index contributed by atoms with van der Waals surface area (Å²) in [7, 11) is 0. The van der Waals surface area contributed by atoms with E-state index in [2.05, 4.69) is 0 Å². The second kappa shape index (κ2) is 23.1. The molecule has 6 heteroatoms. The maximum absolute atomic E-state index is 8.56. The molecule has 22 heavy (non-hydrogen) atoms. The Morgan fingerprint density at radius 3 is 0.500 bits per heavy atom. The average molecular weight is 312 g/mol. The van der Waals surface area contributed by atoms with E-state index in [0.717, 1.165) is 0 Å². The Bertz CT molecular complexity index is 326. The van der Waals surface area contributed by atoms with E-state index in [1.807, 2.05) is 72.8 Å². The van der Waals surface area contributed by atoms with Gasteiger partial charge in [-0.25, -0.2) is 9.59 Å². The first kappa shape index (κ1) is 27.3. The van der Waals surface area contributed by atoms with Gasteiger partial charge in [0.1, 0.15) is 0 Å². The Kier molecular flexibility index (Phi) is 28.7. The van der Waals surface area contributed by atoms with Crippen molar-refractivity contribution in [1.82, 2.24) is 0 Å². The van der Waals surface area contributed by atoms with E-state index in [1.165, 1.54) is 0 Å². The van der Waals surface area contributed by atoms with Gasteiger partial charge in [-0.15, -0.1) is 0 Å². The second-order valence-corrected chi connectivity index (χ2v) is 2.87. The molecule has 2 rings (SSSR count). The number of hydrogen-bond acceptors (Lipinski definition) is 2. The van der Waals surface area contributed by atoms with Gasteiger partial charge in [-0.3, -0.25) is 0 Å². The molecule has 0 saturated carbocycles. The van der Waals surface area contributed by atoms with Crippen molar-refractivity contribution in [2.24, 2.45) is 0 Å². The Labute approximate surface area is 130 Å². The van der Waals surface area contributed by atoms with E-state index in [1.54, 1.807) is 0 Å². The first-order valence-electron chi connectivity index (χ1n) is 5.30. The van der Waals surface area contributed by atoms with Gasteiger partial charge in [0.25, 0.3) is 0 Å². The molecule has 124 valence electrons. The van der Waals surface area contributed by atoms with Gasteiger partial charge in [0.05, 0.1) is 0 Å². The first-order valence-corrected chi connectivity index (χ1v) is 5.30. The van der Waals surface area contributed by atoms with Gasteiger partial charge in [-0.2, -0.15) is 0 Å². The van der Waals surface area contributed by atoms with Crippen molar-refractivity contribution in [1.29, 1.82) is 0 Å². The number of hydrogen-bond donors (Lipinski definition) is 4. The molecule has 6 nitrogen and oxygen atoms in total. The van der Waals surface area contributed by atoms with E-state index in [9.17, 15) is 0 Å². The predicted molar refractivity (Wildman–Crippen MR) is 87.7 cm³/mol. The van der Waals surface area contributed by atoms with Gasteiger partial charge >= 0.3 is 12.3 Å². The van der Waals surface area contributed by atoms with Crippen LogP contribution >= 0.6 is 0 Å². The largest absolute Gasteiger partial charge is 0.503 e. The summed E-state index contributed by atoms with van der Waals surface area (Å²) in [6.07, 6.45) is -3.67. The summed E-state index contributed by atoms with van der Waals surface area (Å²) in [5.41, 5.74) is 0. The van der Waals surface area contributed by atoms with Crippen LogP contribution in [0.15, 0.2) is 72.8 Å². The van der Waals surface area contributed by atoms with Crippen molar-refractivity contribution in [3.05, 3.63) is 72.8 Å². The number of benzene rings is 2. The maximum Gasteiger partial charge on any atom is 0.503 e. The molecule has 2 aromatic carbocycles. The minimum absolute atomic E-state index is 0. The molecule has 0 aromatic heterocycles. The van der Waals surface area contributed by atoms with Gasteiger partial charge in [0.2, 0.25) is 0 Å². The zero-order valence-electron chi connectivity index (χ0n) is 10.5. The topological polar surface area (TPSA) is 115 Å². The number of carbonyl (C=O) groups is 2. The molecule has 0 fully saturated rings. The molecule has 0 aliphatic carbocycles. The van der Waals surface area contributed by atoms with Crippen molar-refractivity contribution in [3.63, 3.8) is 0 Å². The standard InChI is InChI=1S/2C6H6.2CH2O3.2CH4/c2*1-2-4-6-5-3-1;2*2-1(3)4;;/h2*1-6H;2*(H2,2,3,4);2*1H4. The lowest BCUT2D eigenvalue weighted by Crippen LogP contribution is -1.81. The lowest BCUT2D eigenvalue weighted by Gasteiger charge is -1.69. The van der Waals surface area contributed by atoms with Gasteiger partial charge in [0.15, 0.2) is 0 Å². The van der Waals surface area contributed by atoms with Crippen molar-refractivity contribution in [2.75, 3.05) is 0 Å². The quantitative estimate of drug-likeness (QED) is 0.538. The first-order chi connectivity index (χ1) is 9.46. The highest BCUT2D eigenvalue weighted by atomic mass is 16.6. The third kappa shape index (κ3) is 53.8. The van der Waals surface area contributed by atoms with Crippen LogP contribution in [-0.2, 0) is 0 Å². The van der Waals surface area contributed by atoms with Crippen LogP contribution in [0.2, 0.25) is 0 Å². The highest BCUT2D eigenvalue weighted by Crippen LogP contribution is 1.80. The van der Waals surface area contributed by atoms with Crippen LogP contribution in [-0.4, -0.2) is 32.7 Å². The van der Waals surface area contributed by atoms with Crippen LogP contribution in [0.1, 0.15) is 14.9 Å². The zero-order valence-corrected chi connectivity index (χ0v) is 10.5. The van der Waals surface area contributed by atoms with Gasteiger partial charge in [-0.05, 0) is 0 Å². The smallest absolute Gasteiger partial charge is 0.450 e. The summed E-state index contributed by atoms with van der Waals surface area (Å²) in [5, 5.41) is 27.9. The van der Waals surface area contributed by atoms with Crippen LogP contribution in [0.25, 0.3) is 0 Å². The lowest BCUT2D eigenvalue weighted by molar-refractivity contribution is 0.135. The van der Waals surface area contributed by atoms with Crippen LogP contribution < -0.4 is 0 Å². The van der Waals surface area contributed by atoms with Gasteiger partial charge < -0.3 is 20.4 Å². The van der Waals surface area contributed by atoms with E-state index in [-0.39, 0.29) is 14.9 Å². The zero-order chi connectivity index (χ0) is 15.6. The average Bonchev–Trinajstić information content (AvgIpc) is 2.42. The Morgan fingerprint density at radius 1 is 0.409 bits per heavy atom. The van der Waals surface area contributed by atoms with Crippen molar-refractivity contribution >= 4 is 12.3 Å². The normalized spacial score (nSPS) is 6.55. The Morgan fingerprint density at radius 2 is 0.455 bits per heavy atom. The molecule has 0 saturated heterocycles. The molecule has 0 radical (unpaired) electrons. The molecule has 0 aliphatic heterocycles. The van der Waals surface area contributed by atoms with Gasteiger partial charge in [-0.1, -0.05) is 87.6 Å². The highest BCUT2D eigenvalue weighted by Gasteiger charge is 1.70. The maximum atomic E-state index is 8.56. The molecule has 0 unspecified atom stereocenters. The fourth-order valence-corrected chi connectivity index (χ4v) is 0.770. The fourth-order valence-electron chi connectivity index (χ4n) is 0.770. The van der Waals surface area contributed by atoms with Gasteiger partial charge in [0, 0.05) is 0 Å². The minimum Gasteiger partial charge on any atom is -0.450 e. The summed E-state index contributed by atoms with van der Waals surface area (Å²) in [6.45, 7) is 0. The molecular formula is C16H24O6. The third-order valence-electron chi connectivity index (χ3n) is 1.33. The fraction of sp³-hybridized carbons (Fsp3) is 0.125. The second-order valence-electron chi connectivity index (χ2n) is 2.87. The molecule has 0 heterocycles. The van der Waals surface area contributed by atoms with E-state index in [0.29, 0.717) is 0 Å². The van der Waals surface area contributed by atoms with E-state index in [4.69, 9.17) is 30.0 Å². The van der Waals surface area contributed by atoms with Crippen molar-refractivity contribution in [3.8, 4) is 0 Å². The van der Waals surface area contributed by atoms with Crippen LogP contribution in [0.4, 0.5) is 9.59 Å². The van der Waals surface area contributed by atoms with Crippen molar-refractivity contribution < 1.29 is 30.0 Å². The molecule has 2 aromatic rings. The summed E-state index contributed by atoms with van der Waals surface area (Å²) in [5.74, 6) is 0. The van der Waals surface area contributed by atoms with Crippen LogP contribution in [0.5, 0.6) is 0 Å². The lowest BCUT2D eigenvalue weighted by atomic mass is 10.4. The summed E-state index contributed by atoms with van der Waals surface area (Å²) in [6, 6.07) is 24.0. The summed E-state index contributed by atoms with van der Waals surface area (Å²) >= 11 is 0.